The molecule has 3 rings (SSSR count). The highest BCUT2D eigenvalue weighted by Gasteiger charge is 2.62. The monoisotopic (exact) mass is 253 g/mol. The van der Waals surface area contributed by atoms with E-state index in [-0.39, 0.29) is 11.3 Å². The summed E-state index contributed by atoms with van der Waals surface area (Å²) in [6.45, 7) is 0. The van der Waals surface area contributed by atoms with Crippen molar-refractivity contribution < 1.29 is 17.6 Å². The van der Waals surface area contributed by atoms with Gasteiger partial charge in [0.2, 0.25) is 0 Å². The maximum atomic E-state index is 13.9. The van der Waals surface area contributed by atoms with Crippen LogP contribution in [0.3, 0.4) is 0 Å². The third-order valence-corrected chi connectivity index (χ3v) is 3.06. The van der Waals surface area contributed by atoms with E-state index in [4.69, 9.17) is 0 Å². The van der Waals surface area contributed by atoms with Gasteiger partial charge in [0.05, 0.1) is 11.3 Å². The van der Waals surface area contributed by atoms with Crippen molar-refractivity contribution in [1.82, 2.24) is 4.98 Å². The quantitative estimate of drug-likeness (QED) is 0.648. The second-order valence-corrected chi connectivity index (χ2v) is 4.09. The fourth-order valence-electron chi connectivity index (χ4n) is 2.17. The van der Waals surface area contributed by atoms with Gasteiger partial charge in [-0.2, -0.15) is 17.6 Å². The predicted octanol–water partition coefficient (Wildman–Crippen LogP) is 3.95. The van der Waals surface area contributed by atoms with Gasteiger partial charge in [0, 0.05) is 17.3 Å². The van der Waals surface area contributed by atoms with Gasteiger partial charge >= 0.3 is 11.8 Å². The molecule has 1 aliphatic carbocycles. The fourth-order valence-corrected chi connectivity index (χ4v) is 2.17. The maximum absolute atomic E-state index is 13.9. The summed E-state index contributed by atoms with van der Waals surface area (Å²) in [5.41, 5.74) is -1.43. The average Bonchev–Trinajstić information content (AvgIpc) is 2.37. The molecule has 1 heterocycles. The van der Waals surface area contributed by atoms with Gasteiger partial charge in [0.1, 0.15) is 0 Å². The van der Waals surface area contributed by atoms with Gasteiger partial charge in [-0.3, -0.25) is 4.98 Å². The van der Waals surface area contributed by atoms with Crippen LogP contribution < -0.4 is 0 Å². The molecule has 0 unspecified atom stereocenters. The van der Waals surface area contributed by atoms with Crippen molar-refractivity contribution in [3.63, 3.8) is 0 Å². The summed E-state index contributed by atoms with van der Waals surface area (Å²) in [7, 11) is 0. The predicted molar refractivity (Wildman–Crippen MR) is 57.5 cm³/mol. The summed E-state index contributed by atoms with van der Waals surface area (Å²) >= 11 is 0. The summed E-state index contributed by atoms with van der Waals surface area (Å²) in [5, 5.41) is 0. The Balaban J connectivity index is 2.43. The lowest BCUT2D eigenvalue weighted by Gasteiger charge is -2.33. The Labute approximate surface area is 100 Å². The van der Waals surface area contributed by atoms with Crippen LogP contribution in [-0.4, -0.2) is 4.98 Å². The van der Waals surface area contributed by atoms with Crippen molar-refractivity contribution in [2.45, 2.75) is 11.8 Å². The van der Waals surface area contributed by atoms with Crippen molar-refractivity contribution in [3.05, 3.63) is 53.7 Å². The molecule has 1 aromatic heterocycles. The van der Waals surface area contributed by atoms with Crippen LogP contribution in [-0.2, 0) is 11.8 Å². The number of aromatic nitrogens is 1. The van der Waals surface area contributed by atoms with Crippen LogP contribution in [0.2, 0.25) is 0 Å². The summed E-state index contributed by atoms with van der Waals surface area (Å²) < 4.78 is 55.5. The Kier molecular flexibility index (Phi) is 2.06. The Hall–Kier alpha value is -1.91. The SMILES string of the molecule is FC1(F)c2ccccc2-c2ncccc2C1(F)F. The van der Waals surface area contributed by atoms with E-state index >= 15 is 0 Å². The van der Waals surface area contributed by atoms with Crippen molar-refractivity contribution >= 4 is 0 Å². The minimum atomic E-state index is -4.25. The van der Waals surface area contributed by atoms with E-state index in [0.717, 1.165) is 12.1 Å². The molecule has 5 heteroatoms. The van der Waals surface area contributed by atoms with Crippen LogP contribution in [0.15, 0.2) is 42.6 Å². The van der Waals surface area contributed by atoms with Crippen LogP contribution >= 0.6 is 0 Å². The Bertz CT molecular complexity index is 566. The first-order valence-electron chi connectivity index (χ1n) is 5.27. The largest absolute Gasteiger partial charge is 0.341 e. The molecule has 92 valence electrons. The van der Waals surface area contributed by atoms with E-state index < -0.39 is 23.0 Å². The van der Waals surface area contributed by atoms with Gasteiger partial charge in [-0.1, -0.05) is 24.3 Å². The third kappa shape index (κ3) is 1.19. The molecule has 0 bridgehead atoms. The first-order chi connectivity index (χ1) is 8.46. The van der Waals surface area contributed by atoms with Crippen molar-refractivity contribution in [1.29, 1.82) is 0 Å². The van der Waals surface area contributed by atoms with Crippen LogP contribution in [0.25, 0.3) is 11.3 Å². The van der Waals surface area contributed by atoms with Crippen molar-refractivity contribution in [2.24, 2.45) is 0 Å². The molecule has 0 aliphatic heterocycles. The van der Waals surface area contributed by atoms with Gasteiger partial charge in [-0.15, -0.1) is 0 Å². The lowest BCUT2D eigenvalue weighted by atomic mass is 9.83. The number of alkyl halides is 4. The van der Waals surface area contributed by atoms with E-state index in [2.05, 4.69) is 4.98 Å². The number of nitrogens with zero attached hydrogens (tertiary/aromatic N) is 1. The maximum Gasteiger partial charge on any atom is 0.341 e. The standard InChI is InChI=1S/C13H7F4N/c14-12(15)9-5-2-1-4-8(9)11-10(13(12,16)17)6-3-7-18-11/h1-7H. The Morgan fingerprint density at radius 2 is 1.39 bits per heavy atom. The lowest BCUT2D eigenvalue weighted by molar-refractivity contribution is -0.225. The summed E-state index contributed by atoms with van der Waals surface area (Å²) in [4.78, 5) is 3.81. The van der Waals surface area contributed by atoms with Crippen LogP contribution in [0.4, 0.5) is 17.6 Å². The van der Waals surface area contributed by atoms with E-state index in [9.17, 15) is 17.6 Å². The molecule has 1 aromatic carbocycles. The minimum absolute atomic E-state index is 0.0593. The van der Waals surface area contributed by atoms with Gasteiger partial charge in [0.25, 0.3) is 0 Å². The first-order valence-corrected chi connectivity index (χ1v) is 5.27. The van der Waals surface area contributed by atoms with Gasteiger partial charge in [0.15, 0.2) is 0 Å². The van der Waals surface area contributed by atoms with E-state index in [1.54, 1.807) is 0 Å². The molecule has 0 atom stereocenters. The van der Waals surface area contributed by atoms with Crippen LogP contribution in [0.1, 0.15) is 11.1 Å². The van der Waals surface area contributed by atoms with E-state index in [1.807, 2.05) is 0 Å². The topological polar surface area (TPSA) is 12.9 Å². The molecule has 1 nitrogen and oxygen atoms in total. The second-order valence-electron chi connectivity index (χ2n) is 4.09. The Morgan fingerprint density at radius 1 is 0.778 bits per heavy atom. The molecule has 0 spiro atoms. The molecule has 0 N–H and O–H groups in total. The normalized spacial score (nSPS) is 18.9. The highest BCUT2D eigenvalue weighted by Crippen LogP contribution is 2.56. The average molecular weight is 253 g/mol. The number of pyridine rings is 1. The second kappa shape index (κ2) is 3.31. The number of hydrogen-bond donors (Lipinski definition) is 0. The molecule has 18 heavy (non-hydrogen) atoms. The summed E-state index contributed by atoms with van der Waals surface area (Å²) in [6, 6.07) is 7.46. The smallest absolute Gasteiger partial charge is 0.256 e. The van der Waals surface area contributed by atoms with E-state index in [0.29, 0.717) is 0 Å². The number of rotatable bonds is 0. The number of hydrogen-bond acceptors (Lipinski definition) is 1. The van der Waals surface area contributed by atoms with Crippen LogP contribution in [0, 0.1) is 0 Å². The van der Waals surface area contributed by atoms with Gasteiger partial charge in [-0.05, 0) is 12.1 Å². The summed E-state index contributed by atoms with van der Waals surface area (Å²) in [6.07, 6.45) is 1.31. The zero-order chi connectivity index (χ0) is 13.0. The van der Waals surface area contributed by atoms with Gasteiger partial charge in [-0.25, -0.2) is 0 Å². The number of benzene rings is 1. The highest BCUT2D eigenvalue weighted by molar-refractivity contribution is 5.72. The zero-order valence-corrected chi connectivity index (χ0v) is 9.00. The molecular formula is C13H7F4N. The zero-order valence-electron chi connectivity index (χ0n) is 9.00. The minimum Gasteiger partial charge on any atom is -0.256 e. The van der Waals surface area contributed by atoms with Crippen molar-refractivity contribution in [2.75, 3.05) is 0 Å². The fraction of sp³-hybridized carbons (Fsp3) is 0.154. The Morgan fingerprint density at radius 3 is 2.17 bits per heavy atom. The molecule has 0 saturated carbocycles. The van der Waals surface area contributed by atoms with E-state index in [1.165, 1.54) is 30.5 Å². The third-order valence-electron chi connectivity index (χ3n) is 3.06. The highest BCUT2D eigenvalue weighted by atomic mass is 19.3. The molecule has 2 aromatic rings. The molecule has 0 radical (unpaired) electrons. The molecule has 0 fully saturated rings. The lowest BCUT2D eigenvalue weighted by Crippen LogP contribution is -2.39. The summed E-state index contributed by atoms with van der Waals surface area (Å²) in [5.74, 6) is -8.47. The molecule has 0 saturated heterocycles. The van der Waals surface area contributed by atoms with Crippen LogP contribution in [0.5, 0.6) is 0 Å². The molecule has 1 aliphatic rings. The first kappa shape index (κ1) is 11.2. The van der Waals surface area contributed by atoms with Crippen molar-refractivity contribution in [3.8, 4) is 11.3 Å². The molecule has 0 amide bonds. The van der Waals surface area contributed by atoms with Gasteiger partial charge < -0.3 is 0 Å². The molecular weight excluding hydrogens is 246 g/mol. The number of halogens is 4. The number of fused-ring (bicyclic) bond motifs is 3.